The number of nitrogens with zero attached hydrogens (tertiary/aromatic N) is 1. The summed E-state index contributed by atoms with van der Waals surface area (Å²) in [5.41, 5.74) is 1.10. The average Bonchev–Trinajstić information content (AvgIpc) is 2.85. The average molecular weight is 553 g/mol. The molecule has 0 radical (unpaired) electrons. The van der Waals surface area contributed by atoms with Crippen molar-refractivity contribution in [2.45, 2.75) is 42.4 Å². The second-order valence-electron chi connectivity index (χ2n) is 7.67. The van der Waals surface area contributed by atoms with E-state index in [4.69, 9.17) is 9.94 Å². The van der Waals surface area contributed by atoms with Gasteiger partial charge in [0.1, 0.15) is 12.4 Å². The summed E-state index contributed by atoms with van der Waals surface area (Å²) < 4.78 is 31.4. The van der Waals surface area contributed by atoms with E-state index in [0.717, 1.165) is 16.5 Å². The van der Waals surface area contributed by atoms with Gasteiger partial charge in [-0.1, -0.05) is 40.9 Å². The summed E-state index contributed by atoms with van der Waals surface area (Å²) in [4.78, 5) is 14.3. The molecule has 184 valence electrons. The molecule has 2 aromatic carbocycles. The van der Waals surface area contributed by atoms with Gasteiger partial charge in [0.05, 0.1) is 4.90 Å². The van der Waals surface area contributed by atoms with Crippen molar-refractivity contribution in [1.82, 2.24) is 4.90 Å². The molecule has 0 aromatic heterocycles. The Kier molecular flexibility index (Phi) is 10.5. The Morgan fingerprint density at radius 2 is 1.68 bits per heavy atom. The number of benzene rings is 2. The fraction of sp³-hybridized carbons (Fsp3) is 0.375. The molecule has 10 heteroatoms. The van der Waals surface area contributed by atoms with Crippen molar-refractivity contribution in [3.63, 3.8) is 0 Å². The van der Waals surface area contributed by atoms with Gasteiger partial charge < -0.3 is 15.1 Å². The third kappa shape index (κ3) is 6.58. The number of carboxylic acid groups (broad SMARTS) is 1. The van der Waals surface area contributed by atoms with Crippen LogP contribution in [0.25, 0.3) is 0 Å². The molecule has 1 saturated heterocycles. The number of sulfone groups is 1. The normalized spacial score (nSPS) is 15.3. The molecule has 8 nitrogen and oxygen atoms in total. The number of hydrogen-bond donors (Lipinski definition) is 3. The van der Waals surface area contributed by atoms with Crippen LogP contribution in [0.4, 0.5) is 0 Å². The highest BCUT2D eigenvalue weighted by Gasteiger charge is 2.53. The molecule has 3 rings (SSSR count). The fourth-order valence-electron chi connectivity index (χ4n) is 3.75. The van der Waals surface area contributed by atoms with E-state index in [1.807, 2.05) is 31.2 Å². The number of likely N-dealkylation sites (tertiary alicyclic amines) is 1. The highest BCUT2D eigenvalue weighted by atomic mass is 79.9. The first-order valence-corrected chi connectivity index (χ1v) is 13.0. The van der Waals surface area contributed by atoms with Gasteiger partial charge in [-0.05, 0) is 54.8 Å². The SMILES string of the molecule is CCC#CCOc1ccc(S(=O)(=O)C2(C(=O)O)CCN(Cc3ccc(Br)cc3)CC2)cc1.NO. The topological polar surface area (TPSA) is 130 Å². The van der Waals surface area contributed by atoms with E-state index in [1.165, 1.54) is 12.1 Å². The number of carboxylic acids is 1. The molecule has 1 aliphatic rings. The van der Waals surface area contributed by atoms with Crippen molar-refractivity contribution in [3.8, 4) is 17.6 Å². The lowest BCUT2D eigenvalue weighted by molar-refractivity contribution is -0.141. The minimum atomic E-state index is -4.09. The standard InChI is InChI=1S/C24H26BrNO5S.H3NO/c1-2-3-4-17-31-21-9-11-22(12-10-21)32(29,30)24(23(27)28)13-15-26(16-14-24)18-19-5-7-20(25)8-6-19;1-2/h5-12H,2,13-18H2,1H3,(H,27,28);2H,1H2. The van der Waals surface area contributed by atoms with E-state index in [-0.39, 0.29) is 24.3 Å². The van der Waals surface area contributed by atoms with Gasteiger partial charge in [0, 0.05) is 30.5 Å². The van der Waals surface area contributed by atoms with Crippen LogP contribution in [0.5, 0.6) is 5.75 Å². The molecular formula is C24H29BrN2O6S. The summed E-state index contributed by atoms with van der Waals surface area (Å²) >= 11 is 3.41. The highest BCUT2D eigenvalue weighted by molar-refractivity contribution is 9.10. The highest BCUT2D eigenvalue weighted by Crippen LogP contribution is 2.37. The smallest absolute Gasteiger partial charge is 0.325 e. The number of piperidine rings is 1. The van der Waals surface area contributed by atoms with Crippen molar-refractivity contribution in [2.24, 2.45) is 5.90 Å². The maximum Gasteiger partial charge on any atom is 0.325 e. The van der Waals surface area contributed by atoms with E-state index < -0.39 is 20.6 Å². The molecule has 0 bridgehead atoms. The van der Waals surface area contributed by atoms with Crippen LogP contribution in [-0.2, 0) is 21.2 Å². The summed E-state index contributed by atoms with van der Waals surface area (Å²) in [7, 11) is -4.09. The molecule has 0 amide bonds. The molecule has 34 heavy (non-hydrogen) atoms. The van der Waals surface area contributed by atoms with Gasteiger partial charge in [0.25, 0.3) is 0 Å². The molecule has 0 atom stereocenters. The van der Waals surface area contributed by atoms with Crippen LogP contribution in [0.1, 0.15) is 31.7 Å². The van der Waals surface area contributed by atoms with Crippen molar-refractivity contribution in [2.75, 3.05) is 19.7 Å². The second-order valence-corrected chi connectivity index (χ2v) is 10.8. The van der Waals surface area contributed by atoms with Crippen molar-refractivity contribution >= 4 is 31.7 Å². The number of hydrogen-bond acceptors (Lipinski definition) is 7. The van der Waals surface area contributed by atoms with Crippen LogP contribution >= 0.6 is 15.9 Å². The van der Waals surface area contributed by atoms with Gasteiger partial charge in [-0.25, -0.2) is 14.3 Å². The fourth-order valence-corrected chi connectivity index (χ4v) is 5.91. The lowest BCUT2D eigenvalue weighted by atomic mass is 9.95. The van der Waals surface area contributed by atoms with Crippen molar-refractivity contribution in [1.29, 1.82) is 0 Å². The summed E-state index contributed by atoms with van der Waals surface area (Å²) in [5.74, 6) is 8.44. The lowest BCUT2D eigenvalue weighted by Crippen LogP contribution is -2.54. The Labute approximate surface area is 208 Å². The molecule has 0 unspecified atom stereocenters. The minimum absolute atomic E-state index is 0.00625. The molecule has 2 aromatic rings. The monoisotopic (exact) mass is 552 g/mol. The first-order valence-electron chi connectivity index (χ1n) is 10.7. The number of ether oxygens (including phenoxy) is 1. The summed E-state index contributed by atoms with van der Waals surface area (Å²) in [5, 5.41) is 16.5. The van der Waals surface area contributed by atoms with Crippen LogP contribution < -0.4 is 10.6 Å². The van der Waals surface area contributed by atoms with Gasteiger partial charge in [-0.3, -0.25) is 9.69 Å². The molecule has 0 saturated carbocycles. The zero-order chi connectivity index (χ0) is 25.2. The van der Waals surface area contributed by atoms with Crippen LogP contribution in [-0.4, -0.2) is 54.0 Å². The number of halogens is 1. The van der Waals surface area contributed by atoms with E-state index in [9.17, 15) is 18.3 Å². The molecule has 0 spiro atoms. The van der Waals surface area contributed by atoms with Crippen LogP contribution in [0.2, 0.25) is 0 Å². The number of aliphatic carboxylic acids is 1. The Balaban J connectivity index is 0.00000199. The Morgan fingerprint density at radius 3 is 2.21 bits per heavy atom. The predicted octanol–water partition coefficient (Wildman–Crippen LogP) is 3.47. The largest absolute Gasteiger partial charge is 0.481 e. The Bertz CT molecular complexity index is 1100. The van der Waals surface area contributed by atoms with Crippen LogP contribution in [0.15, 0.2) is 57.9 Å². The summed E-state index contributed by atoms with van der Waals surface area (Å²) in [6.45, 7) is 3.58. The number of nitrogens with two attached hydrogens (primary N) is 1. The van der Waals surface area contributed by atoms with Crippen LogP contribution in [0.3, 0.4) is 0 Å². The van der Waals surface area contributed by atoms with Gasteiger partial charge >= 0.3 is 5.97 Å². The number of rotatable bonds is 7. The van der Waals surface area contributed by atoms with E-state index in [1.54, 1.807) is 12.1 Å². The lowest BCUT2D eigenvalue weighted by Gasteiger charge is -2.38. The first kappa shape index (κ1) is 27.8. The molecule has 0 aliphatic carbocycles. The van der Waals surface area contributed by atoms with Crippen molar-refractivity contribution < 1.29 is 28.3 Å². The predicted molar refractivity (Wildman–Crippen MR) is 132 cm³/mol. The molecule has 1 aliphatic heterocycles. The van der Waals surface area contributed by atoms with Gasteiger partial charge in [0.2, 0.25) is 0 Å². The second kappa shape index (κ2) is 12.9. The third-order valence-electron chi connectivity index (χ3n) is 5.63. The molecule has 1 heterocycles. The van der Waals surface area contributed by atoms with Crippen molar-refractivity contribution in [3.05, 3.63) is 58.6 Å². The van der Waals surface area contributed by atoms with E-state index in [0.29, 0.717) is 25.4 Å². The first-order chi connectivity index (χ1) is 16.3. The maximum absolute atomic E-state index is 13.4. The number of carbonyl (C=O) groups is 1. The van der Waals surface area contributed by atoms with Gasteiger partial charge in [-0.15, -0.1) is 5.92 Å². The van der Waals surface area contributed by atoms with E-state index in [2.05, 4.69) is 38.6 Å². The zero-order valence-electron chi connectivity index (χ0n) is 18.9. The molecule has 1 fully saturated rings. The Morgan fingerprint density at radius 1 is 1.09 bits per heavy atom. The van der Waals surface area contributed by atoms with Gasteiger partial charge in [0.15, 0.2) is 14.6 Å². The summed E-state index contributed by atoms with van der Waals surface area (Å²) in [6.07, 6.45) is 0.802. The van der Waals surface area contributed by atoms with E-state index >= 15 is 0 Å². The van der Waals surface area contributed by atoms with Gasteiger partial charge in [-0.2, -0.15) is 0 Å². The molecular weight excluding hydrogens is 524 g/mol. The summed E-state index contributed by atoms with van der Waals surface area (Å²) in [6, 6.07) is 13.8. The maximum atomic E-state index is 13.4. The third-order valence-corrected chi connectivity index (χ3v) is 8.67. The zero-order valence-corrected chi connectivity index (χ0v) is 21.3. The molecule has 4 N–H and O–H groups in total. The Hall–Kier alpha value is -2.42. The van der Waals surface area contributed by atoms with Crippen LogP contribution in [0, 0.1) is 11.8 Å². The minimum Gasteiger partial charge on any atom is -0.481 e. The quantitative estimate of drug-likeness (QED) is 0.351.